The molecule has 1 atom stereocenters. The smallest absolute Gasteiger partial charge is 0.415 e. The molecule has 0 bridgehead atoms. The maximum Gasteiger partial charge on any atom is 0.415 e. The Bertz CT molecular complexity index is 558. The number of amides is 1. The fraction of sp³-hybridized carbons (Fsp3) is 0.273. The summed E-state index contributed by atoms with van der Waals surface area (Å²) in [6.45, 7) is 0.523. The van der Waals surface area contributed by atoms with E-state index in [4.69, 9.17) is 22.4 Å². The summed E-state index contributed by atoms with van der Waals surface area (Å²) < 4.78 is 37.6. The van der Waals surface area contributed by atoms with Gasteiger partial charge in [-0.2, -0.15) is 13.2 Å². The molecule has 0 fully saturated rings. The highest BCUT2D eigenvalue weighted by atomic mass is 35.5. The third-order valence-corrected chi connectivity index (χ3v) is 2.83. The number of carboxylic acid groups (broad SMARTS) is 1. The van der Waals surface area contributed by atoms with Crippen LogP contribution in [-0.2, 0) is 4.79 Å². The summed E-state index contributed by atoms with van der Waals surface area (Å²) in [4.78, 5) is 22.2. The Morgan fingerprint density at radius 3 is 2.30 bits per heavy atom. The number of aromatic carboxylic acids is 1. The number of alkyl halides is 3. The van der Waals surface area contributed by atoms with E-state index in [9.17, 15) is 22.8 Å². The molecule has 1 aromatic rings. The monoisotopic (exact) mass is 310 g/mol. The van der Waals surface area contributed by atoms with E-state index in [1.165, 1.54) is 0 Å². The highest BCUT2D eigenvalue weighted by molar-refractivity contribution is 6.33. The van der Waals surface area contributed by atoms with Gasteiger partial charge in [-0.15, -0.1) is 0 Å². The van der Waals surface area contributed by atoms with Gasteiger partial charge in [0.2, 0.25) is 0 Å². The van der Waals surface area contributed by atoms with Crippen LogP contribution in [0.15, 0.2) is 18.2 Å². The van der Waals surface area contributed by atoms with Gasteiger partial charge in [-0.25, -0.2) is 4.79 Å². The molecule has 0 aromatic heterocycles. The number of nitrogens with two attached hydrogens (primary N) is 1. The molecule has 1 aromatic carbocycles. The van der Waals surface area contributed by atoms with Crippen LogP contribution in [0.3, 0.4) is 0 Å². The number of carboxylic acids is 1. The Hall–Kier alpha value is -1.80. The first-order valence-corrected chi connectivity index (χ1v) is 5.54. The molecule has 0 saturated heterocycles. The molecule has 0 spiro atoms. The highest BCUT2D eigenvalue weighted by Gasteiger charge is 2.53. The molecule has 4 N–H and O–H groups in total. The van der Waals surface area contributed by atoms with Crippen LogP contribution in [0.2, 0.25) is 5.02 Å². The van der Waals surface area contributed by atoms with Crippen molar-refractivity contribution in [3.63, 3.8) is 0 Å². The first-order chi connectivity index (χ1) is 8.96. The van der Waals surface area contributed by atoms with E-state index in [2.05, 4.69) is 0 Å². The molecule has 0 radical (unpaired) electrons. The van der Waals surface area contributed by atoms with E-state index in [0.717, 1.165) is 18.2 Å². The molecule has 9 heteroatoms. The summed E-state index contributed by atoms with van der Waals surface area (Å²) in [5.41, 5.74) is 1.53. The summed E-state index contributed by atoms with van der Waals surface area (Å²) in [5.74, 6) is -2.78. The minimum absolute atomic E-state index is 0.0917. The number of anilines is 1. The summed E-state index contributed by atoms with van der Waals surface area (Å²) in [6.07, 6.45) is -4.93. The minimum Gasteiger partial charge on any atom is -0.478 e. The van der Waals surface area contributed by atoms with Crippen LogP contribution in [0.25, 0.3) is 0 Å². The van der Waals surface area contributed by atoms with Gasteiger partial charge in [-0.1, -0.05) is 11.6 Å². The molecule has 1 amide bonds. The highest BCUT2D eigenvalue weighted by Crippen LogP contribution is 2.29. The Morgan fingerprint density at radius 1 is 1.35 bits per heavy atom. The van der Waals surface area contributed by atoms with Crippen molar-refractivity contribution >= 4 is 29.2 Å². The molecule has 0 aliphatic heterocycles. The second-order valence-electron chi connectivity index (χ2n) is 4.15. The average molecular weight is 311 g/mol. The normalized spacial score (nSPS) is 14.5. The predicted molar refractivity (Wildman–Crippen MR) is 65.7 cm³/mol. The van der Waals surface area contributed by atoms with Crippen molar-refractivity contribution < 1.29 is 27.9 Å². The predicted octanol–water partition coefficient (Wildman–Crippen LogP) is 2.26. The molecule has 110 valence electrons. The van der Waals surface area contributed by atoms with Crippen LogP contribution in [-0.4, -0.2) is 28.7 Å². The minimum atomic E-state index is -4.93. The Kier molecular flexibility index (Phi) is 4.30. The number of hydrogen-bond acceptors (Lipinski definition) is 3. The van der Waals surface area contributed by atoms with Gasteiger partial charge in [-0.05, 0) is 25.1 Å². The number of halogens is 4. The van der Waals surface area contributed by atoms with E-state index in [-0.39, 0.29) is 16.3 Å². The molecule has 1 rings (SSSR count). The zero-order chi connectivity index (χ0) is 15.7. The summed E-state index contributed by atoms with van der Waals surface area (Å²) in [7, 11) is 0. The molecular weight excluding hydrogens is 301 g/mol. The Balaban J connectivity index is 2.98. The van der Waals surface area contributed by atoms with Crippen LogP contribution in [0.5, 0.6) is 0 Å². The van der Waals surface area contributed by atoms with E-state index >= 15 is 0 Å². The molecule has 0 aliphatic rings. The van der Waals surface area contributed by atoms with Crippen LogP contribution in [0.4, 0.5) is 18.9 Å². The lowest BCUT2D eigenvalue weighted by atomic mass is 10.0. The van der Waals surface area contributed by atoms with E-state index in [0.29, 0.717) is 6.92 Å². The SMILES string of the molecule is CC(N)(C(=O)Nc1ccc(C(=O)O)c(Cl)c1)C(F)(F)F. The third-order valence-electron chi connectivity index (χ3n) is 2.52. The number of nitrogens with one attached hydrogen (secondary N) is 1. The van der Waals surface area contributed by atoms with Crippen molar-refractivity contribution in [1.82, 2.24) is 0 Å². The molecule has 5 nitrogen and oxygen atoms in total. The summed E-state index contributed by atoms with van der Waals surface area (Å²) in [5, 5.41) is 10.4. The lowest BCUT2D eigenvalue weighted by Gasteiger charge is -2.26. The van der Waals surface area contributed by atoms with Crippen molar-refractivity contribution in [2.45, 2.75) is 18.6 Å². The summed E-state index contributed by atoms with van der Waals surface area (Å²) in [6, 6.07) is 3.19. The van der Waals surface area contributed by atoms with Gasteiger partial charge >= 0.3 is 12.1 Å². The maximum atomic E-state index is 12.5. The van der Waals surface area contributed by atoms with Gasteiger partial charge in [0.25, 0.3) is 5.91 Å². The van der Waals surface area contributed by atoms with Crippen LogP contribution < -0.4 is 11.1 Å². The van der Waals surface area contributed by atoms with Gasteiger partial charge in [-0.3, -0.25) is 4.79 Å². The quantitative estimate of drug-likeness (QED) is 0.798. The molecule has 0 saturated carbocycles. The van der Waals surface area contributed by atoms with Crippen LogP contribution in [0.1, 0.15) is 17.3 Å². The molecule has 1 unspecified atom stereocenters. The number of benzene rings is 1. The number of hydrogen-bond donors (Lipinski definition) is 3. The topological polar surface area (TPSA) is 92.4 Å². The van der Waals surface area contributed by atoms with Gasteiger partial charge in [0.05, 0.1) is 10.6 Å². The largest absolute Gasteiger partial charge is 0.478 e. The second-order valence-corrected chi connectivity index (χ2v) is 4.56. The maximum absolute atomic E-state index is 12.5. The molecule has 0 heterocycles. The standard InChI is InChI=1S/C11H10ClF3N2O3/c1-10(16,11(13,14)15)9(20)17-5-2-3-6(8(18)19)7(12)4-5/h2-4H,16H2,1H3,(H,17,20)(H,18,19). The third kappa shape index (κ3) is 3.20. The summed E-state index contributed by atoms with van der Waals surface area (Å²) >= 11 is 5.63. The van der Waals surface area contributed by atoms with Gasteiger partial charge in [0.1, 0.15) is 0 Å². The van der Waals surface area contributed by atoms with Gasteiger partial charge in [0.15, 0.2) is 5.54 Å². The van der Waals surface area contributed by atoms with Crippen molar-refractivity contribution in [3.05, 3.63) is 28.8 Å². The van der Waals surface area contributed by atoms with Crippen molar-refractivity contribution in [1.29, 1.82) is 0 Å². The number of carbonyl (C=O) groups is 2. The van der Waals surface area contributed by atoms with Gasteiger partial charge < -0.3 is 16.2 Å². The zero-order valence-electron chi connectivity index (χ0n) is 10.1. The average Bonchev–Trinajstić information content (AvgIpc) is 2.26. The lowest BCUT2D eigenvalue weighted by molar-refractivity contribution is -0.184. The van der Waals surface area contributed by atoms with Crippen molar-refractivity contribution in [3.8, 4) is 0 Å². The second kappa shape index (κ2) is 5.29. The van der Waals surface area contributed by atoms with Crippen molar-refractivity contribution in [2.75, 3.05) is 5.32 Å². The van der Waals surface area contributed by atoms with E-state index in [1.54, 1.807) is 0 Å². The Labute approximate surface area is 116 Å². The number of carbonyl (C=O) groups excluding carboxylic acids is 1. The molecular formula is C11H10ClF3N2O3. The fourth-order valence-electron chi connectivity index (χ4n) is 1.16. The van der Waals surface area contributed by atoms with Crippen LogP contribution >= 0.6 is 11.6 Å². The first kappa shape index (κ1) is 16.3. The zero-order valence-corrected chi connectivity index (χ0v) is 10.8. The van der Waals surface area contributed by atoms with Crippen LogP contribution in [0, 0.1) is 0 Å². The fourth-order valence-corrected chi connectivity index (χ4v) is 1.42. The molecule has 20 heavy (non-hydrogen) atoms. The number of rotatable bonds is 3. The first-order valence-electron chi connectivity index (χ1n) is 5.16. The van der Waals surface area contributed by atoms with Crippen molar-refractivity contribution in [2.24, 2.45) is 5.73 Å². The Morgan fingerprint density at radius 2 is 1.90 bits per heavy atom. The van der Waals surface area contributed by atoms with E-state index in [1.807, 2.05) is 5.32 Å². The lowest BCUT2D eigenvalue weighted by Crippen LogP contribution is -2.59. The van der Waals surface area contributed by atoms with E-state index < -0.39 is 23.6 Å². The van der Waals surface area contributed by atoms with Gasteiger partial charge in [0, 0.05) is 5.69 Å². The molecule has 0 aliphatic carbocycles.